The van der Waals surface area contributed by atoms with Gasteiger partial charge in [0.25, 0.3) is 0 Å². The Morgan fingerprint density at radius 3 is 3.12 bits per heavy atom. The summed E-state index contributed by atoms with van der Waals surface area (Å²) >= 11 is 0. The summed E-state index contributed by atoms with van der Waals surface area (Å²) in [6, 6.07) is 2.20. The van der Waals surface area contributed by atoms with Crippen molar-refractivity contribution < 1.29 is 4.79 Å². The molecular weight excluding hydrogens is 304 g/mol. The number of anilines is 1. The third-order valence-corrected chi connectivity index (χ3v) is 4.49. The highest BCUT2D eigenvalue weighted by molar-refractivity contribution is 5.86. The fourth-order valence-corrected chi connectivity index (χ4v) is 3.41. The maximum atomic E-state index is 12.6. The normalized spacial score (nSPS) is 19.7. The molecule has 7 heteroatoms. The summed E-state index contributed by atoms with van der Waals surface area (Å²) in [4.78, 5) is 28.4. The van der Waals surface area contributed by atoms with Crippen LogP contribution in [-0.4, -0.2) is 70.4 Å². The third kappa shape index (κ3) is 3.67. The molecule has 2 aromatic rings. The monoisotopic (exact) mass is 330 g/mol. The average Bonchev–Trinajstić information content (AvgIpc) is 3.03. The molecule has 24 heavy (non-hydrogen) atoms. The Morgan fingerprint density at radius 1 is 1.50 bits per heavy atom. The van der Waals surface area contributed by atoms with Gasteiger partial charge < -0.3 is 20.1 Å². The van der Waals surface area contributed by atoms with Crippen molar-refractivity contribution in [2.75, 3.05) is 39.0 Å². The van der Waals surface area contributed by atoms with Crippen molar-refractivity contribution in [1.82, 2.24) is 24.8 Å². The van der Waals surface area contributed by atoms with Crippen LogP contribution in [0.15, 0.2) is 18.6 Å². The molecule has 1 saturated heterocycles. The van der Waals surface area contributed by atoms with Crippen molar-refractivity contribution in [2.24, 2.45) is 5.92 Å². The second-order valence-corrected chi connectivity index (χ2v) is 6.89. The first kappa shape index (κ1) is 16.7. The number of carbonyl (C=O) groups excluding carboxylic acids is 1. The summed E-state index contributed by atoms with van der Waals surface area (Å²) in [5, 5.41) is 4.49. The highest BCUT2D eigenvalue weighted by Gasteiger charge is 2.27. The SMILES string of the molecule is CC(CN(C)C)C(=O)N1CCC[C@@H](Nc2ncnc3[nH]ccc23)C1. The number of hydrogen-bond acceptors (Lipinski definition) is 5. The van der Waals surface area contributed by atoms with Crippen LogP contribution in [0.3, 0.4) is 0 Å². The van der Waals surface area contributed by atoms with Crippen LogP contribution in [-0.2, 0) is 4.79 Å². The van der Waals surface area contributed by atoms with Crippen LogP contribution < -0.4 is 5.32 Å². The summed E-state index contributed by atoms with van der Waals surface area (Å²) in [5.74, 6) is 1.10. The van der Waals surface area contributed by atoms with Crippen LogP contribution in [0.5, 0.6) is 0 Å². The third-order valence-electron chi connectivity index (χ3n) is 4.49. The van der Waals surface area contributed by atoms with E-state index in [1.165, 1.54) is 0 Å². The Kier molecular flexibility index (Phi) is 4.99. The van der Waals surface area contributed by atoms with Crippen LogP contribution in [0, 0.1) is 5.92 Å². The first-order chi connectivity index (χ1) is 11.5. The molecule has 3 rings (SSSR count). The van der Waals surface area contributed by atoms with E-state index in [0.717, 1.165) is 49.3 Å². The molecule has 130 valence electrons. The zero-order valence-corrected chi connectivity index (χ0v) is 14.6. The van der Waals surface area contributed by atoms with Gasteiger partial charge in [0.1, 0.15) is 17.8 Å². The predicted octanol–water partition coefficient (Wildman–Crippen LogP) is 1.56. The van der Waals surface area contributed by atoms with E-state index in [1.807, 2.05) is 38.2 Å². The van der Waals surface area contributed by atoms with Gasteiger partial charge in [-0.2, -0.15) is 0 Å². The molecule has 0 bridgehead atoms. The fraction of sp³-hybridized carbons (Fsp3) is 0.588. The summed E-state index contributed by atoms with van der Waals surface area (Å²) in [6.45, 7) is 4.36. The second-order valence-electron chi connectivity index (χ2n) is 6.89. The summed E-state index contributed by atoms with van der Waals surface area (Å²) < 4.78 is 0. The smallest absolute Gasteiger partial charge is 0.226 e. The van der Waals surface area contributed by atoms with E-state index in [2.05, 4.69) is 25.2 Å². The largest absolute Gasteiger partial charge is 0.365 e. The van der Waals surface area contributed by atoms with Crippen molar-refractivity contribution in [3.8, 4) is 0 Å². The van der Waals surface area contributed by atoms with E-state index < -0.39 is 0 Å². The summed E-state index contributed by atoms with van der Waals surface area (Å²) in [5.41, 5.74) is 0.829. The fourth-order valence-electron chi connectivity index (χ4n) is 3.41. The number of likely N-dealkylation sites (tertiary alicyclic amines) is 1. The molecule has 0 spiro atoms. The highest BCUT2D eigenvalue weighted by atomic mass is 16.2. The minimum absolute atomic E-state index is 0.0224. The number of rotatable bonds is 5. The molecule has 1 fully saturated rings. The van der Waals surface area contributed by atoms with E-state index in [4.69, 9.17) is 0 Å². The van der Waals surface area contributed by atoms with E-state index >= 15 is 0 Å². The van der Waals surface area contributed by atoms with Gasteiger partial charge in [-0.1, -0.05) is 6.92 Å². The quantitative estimate of drug-likeness (QED) is 0.870. The van der Waals surface area contributed by atoms with Gasteiger partial charge >= 0.3 is 0 Å². The zero-order valence-electron chi connectivity index (χ0n) is 14.6. The number of amides is 1. The average molecular weight is 330 g/mol. The highest BCUT2D eigenvalue weighted by Crippen LogP contribution is 2.21. The molecule has 0 aliphatic carbocycles. The number of nitrogens with one attached hydrogen (secondary N) is 2. The first-order valence-corrected chi connectivity index (χ1v) is 8.52. The van der Waals surface area contributed by atoms with Gasteiger partial charge in [0.2, 0.25) is 5.91 Å². The molecule has 7 nitrogen and oxygen atoms in total. The lowest BCUT2D eigenvalue weighted by molar-refractivity contribution is -0.136. The van der Waals surface area contributed by atoms with E-state index in [9.17, 15) is 4.79 Å². The van der Waals surface area contributed by atoms with E-state index in [-0.39, 0.29) is 17.9 Å². The van der Waals surface area contributed by atoms with Gasteiger partial charge in [0.05, 0.1) is 5.39 Å². The summed E-state index contributed by atoms with van der Waals surface area (Å²) in [7, 11) is 4.00. The van der Waals surface area contributed by atoms with Crippen LogP contribution in [0.2, 0.25) is 0 Å². The molecule has 3 heterocycles. The van der Waals surface area contributed by atoms with Crippen molar-refractivity contribution in [3.05, 3.63) is 18.6 Å². The molecule has 1 aliphatic rings. The van der Waals surface area contributed by atoms with Crippen LogP contribution in [0.1, 0.15) is 19.8 Å². The number of carbonyl (C=O) groups is 1. The lowest BCUT2D eigenvalue weighted by Crippen LogP contribution is -2.48. The van der Waals surface area contributed by atoms with E-state index in [0.29, 0.717) is 0 Å². The maximum Gasteiger partial charge on any atom is 0.226 e. The maximum absolute atomic E-state index is 12.6. The Morgan fingerprint density at radius 2 is 2.33 bits per heavy atom. The lowest BCUT2D eigenvalue weighted by atomic mass is 10.0. The van der Waals surface area contributed by atoms with Gasteiger partial charge in [-0.25, -0.2) is 9.97 Å². The van der Waals surface area contributed by atoms with Gasteiger partial charge in [-0.15, -0.1) is 0 Å². The number of hydrogen-bond donors (Lipinski definition) is 2. The molecule has 2 aromatic heterocycles. The summed E-state index contributed by atoms with van der Waals surface area (Å²) in [6.07, 6.45) is 5.48. The zero-order chi connectivity index (χ0) is 17.1. The molecule has 1 aliphatic heterocycles. The van der Waals surface area contributed by atoms with Crippen molar-refractivity contribution in [3.63, 3.8) is 0 Å². The van der Waals surface area contributed by atoms with Crippen molar-refractivity contribution in [1.29, 1.82) is 0 Å². The second kappa shape index (κ2) is 7.17. The van der Waals surface area contributed by atoms with Crippen molar-refractivity contribution >= 4 is 22.8 Å². The van der Waals surface area contributed by atoms with Crippen LogP contribution in [0.25, 0.3) is 11.0 Å². The van der Waals surface area contributed by atoms with Crippen LogP contribution in [0.4, 0.5) is 5.82 Å². The standard InChI is InChI=1S/C17H26N6O/c1-12(9-22(2)3)17(24)23-8-4-5-13(10-23)21-16-14-6-7-18-15(14)19-11-20-16/h6-7,11-13H,4-5,8-10H2,1-3H3,(H2,18,19,20,21)/t12?,13-/m1/s1. The molecule has 1 unspecified atom stereocenters. The molecule has 2 N–H and O–H groups in total. The number of aromatic nitrogens is 3. The lowest BCUT2D eigenvalue weighted by Gasteiger charge is -2.35. The predicted molar refractivity (Wildman–Crippen MR) is 94.8 cm³/mol. The number of piperidine rings is 1. The Balaban J connectivity index is 1.65. The van der Waals surface area contributed by atoms with Gasteiger partial charge in [-0.05, 0) is 33.0 Å². The minimum atomic E-state index is 0.0224. The van der Waals surface area contributed by atoms with Gasteiger partial charge in [-0.3, -0.25) is 4.79 Å². The molecular formula is C17H26N6O. The van der Waals surface area contributed by atoms with Crippen LogP contribution >= 0.6 is 0 Å². The first-order valence-electron chi connectivity index (χ1n) is 8.52. The van der Waals surface area contributed by atoms with Crippen molar-refractivity contribution in [2.45, 2.75) is 25.8 Å². The number of aromatic amines is 1. The van der Waals surface area contributed by atoms with Gasteiger partial charge in [0, 0.05) is 37.8 Å². The molecule has 2 atom stereocenters. The number of fused-ring (bicyclic) bond motifs is 1. The number of H-pyrrole nitrogens is 1. The van der Waals surface area contributed by atoms with E-state index in [1.54, 1.807) is 6.33 Å². The molecule has 0 radical (unpaired) electrons. The molecule has 1 amide bonds. The Bertz CT molecular complexity index is 697. The minimum Gasteiger partial charge on any atom is -0.365 e. The number of nitrogens with zero attached hydrogens (tertiary/aromatic N) is 4. The molecule has 0 aromatic carbocycles. The topological polar surface area (TPSA) is 77.2 Å². The molecule has 0 saturated carbocycles. The Hall–Kier alpha value is -2.15. The van der Waals surface area contributed by atoms with Gasteiger partial charge in [0.15, 0.2) is 0 Å². The Labute approximate surface area is 142 Å².